The molecule has 0 bridgehead atoms. The van der Waals surface area contributed by atoms with Gasteiger partial charge in [0.25, 0.3) is 0 Å². The Hall–Kier alpha value is -1.40. The van der Waals surface area contributed by atoms with Gasteiger partial charge in [-0.15, -0.1) is 11.3 Å². The SMILES string of the molecule is CCOCc1nc(COc2cnn(CC3CC3)c2)cs1. The van der Waals surface area contributed by atoms with Gasteiger partial charge in [-0.1, -0.05) is 0 Å². The molecule has 3 rings (SSSR count). The molecule has 0 aliphatic heterocycles. The molecule has 5 nitrogen and oxygen atoms in total. The molecule has 2 aromatic heterocycles. The smallest absolute Gasteiger partial charge is 0.157 e. The molecule has 20 heavy (non-hydrogen) atoms. The minimum absolute atomic E-state index is 0.484. The molecule has 1 aliphatic rings. The van der Waals surface area contributed by atoms with Crippen molar-refractivity contribution < 1.29 is 9.47 Å². The van der Waals surface area contributed by atoms with Gasteiger partial charge < -0.3 is 9.47 Å². The zero-order valence-electron chi connectivity index (χ0n) is 11.6. The molecule has 2 heterocycles. The molecule has 1 saturated carbocycles. The van der Waals surface area contributed by atoms with Crippen LogP contribution in [0.5, 0.6) is 5.75 Å². The summed E-state index contributed by atoms with van der Waals surface area (Å²) in [5.74, 6) is 1.63. The van der Waals surface area contributed by atoms with E-state index in [4.69, 9.17) is 9.47 Å². The van der Waals surface area contributed by atoms with E-state index in [0.717, 1.165) is 28.9 Å². The van der Waals surface area contributed by atoms with Crippen molar-refractivity contribution in [2.45, 2.75) is 39.5 Å². The summed E-state index contributed by atoms with van der Waals surface area (Å²) in [7, 11) is 0. The van der Waals surface area contributed by atoms with Crippen LogP contribution in [-0.2, 0) is 24.5 Å². The van der Waals surface area contributed by atoms with Crippen LogP contribution >= 0.6 is 11.3 Å². The van der Waals surface area contributed by atoms with Crippen molar-refractivity contribution in [2.24, 2.45) is 5.92 Å². The van der Waals surface area contributed by atoms with E-state index in [1.165, 1.54) is 12.8 Å². The first kappa shape index (κ1) is 13.6. The summed E-state index contributed by atoms with van der Waals surface area (Å²) in [5, 5.41) is 7.32. The molecule has 0 amide bonds. The minimum atomic E-state index is 0.484. The van der Waals surface area contributed by atoms with Crippen LogP contribution in [0.2, 0.25) is 0 Å². The topological polar surface area (TPSA) is 49.2 Å². The van der Waals surface area contributed by atoms with Crippen molar-refractivity contribution in [3.63, 3.8) is 0 Å². The maximum atomic E-state index is 5.71. The number of hydrogen-bond donors (Lipinski definition) is 0. The zero-order chi connectivity index (χ0) is 13.8. The van der Waals surface area contributed by atoms with Gasteiger partial charge in [0.2, 0.25) is 0 Å². The van der Waals surface area contributed by atoms with Gasteiger partial charge in [-0.25, -0.2) is 4.98 Å². The first-order valence-electron chi connectivity index (χ1n) is 6.99. The average molecular weight is 293 g/mol. The first-order chi connectivity index (χ1) is 9.83. The van der Waals surface area contributed by atoms with Crippen LogP contribution in [0.25, 0.3) is 0 Å². The highest BCUT2D eigenvalue weighted by Gasteiger charge is 2.22. The summed E-state index contributed by atoms with van der Waals surface area (Å²) in [5.41, 5.74) is 0.944. The summed E-state index contributed by atoms with van der Waals surface area (Å²) in [4.78, 5) is 4.47. The third-order valence-corrected chi connectivity index (χ3v) is 4.04. The van der Waals surface area contributed by atoms with E-state index in [9.17, 15) is 0 Å². The number of aromatic nitrogens is 3. The Morgan fingerprint density at radius 3 is 3.10 bits per heavy atom. The fourth-order valence-corrected chi connectivity index (χ4v) is 2.63. The Morgan fingerprint density at radius 1 is 1.40 bits per heavy atom. The Kier molecular flexibility index (Phi) is 4.32. The molecule has 0 aromatic carbocycles. The molecule has 1 aliphatic carbocycles. The molecule has 2 aromatic rings. The first-order valence-corrected chi connectivity index (χ1v) is 7.87. The lowest BCUT2D eigenvalue weighted by Gasteiger charge is -2.00. The lowest BCUT2D eigenvalue weighted by Crippen LogP contribution is -1.99. The van der Waals surface area contributed by atoms with Gasteiger partial charge in [-0.3, -0.25) is 4.68 Å². The third-order valence-electron chi connectivity index (χ3n) is 3.17. The van der Waals surface area contributed by atoms with E-state index >= 15 is 0 Å². The molecule has 6 heteroatoms. The summed E-state index contributed by atoms with van der Waals surface area (Å²) in [6, 6.07) is 0. The summed E-state index contributed by atoms with van der Waals surface area (Å²) < 4.78 is 13.0. The van der Waals surface area contributed by atoms with E-state index in [2.05, 4.69) is 10.1 Å². The van der Waals surface area contributed by atoms with Gasteiger partial charge >= 0.3 is 0 Å². The second-order valence-corrected chi connectivity index (χ2v) is 5.94. The monoisotopic (exact) mass is 293 g/mol. The molecular formula is C14H19N3O2S. The molecular weight excluding hydrogens is 274 g/mol. The van der Waals surface area contributed by atoms with Gasteiger partial charge in [-0.05, 0) is 25.7 Å². The molecule has 0 unspecified atom stereocenters. The van der Waals surface area contributed by atoms with Crippen LogP contribution in [-0.4, -0.2) is 21.4 Å². The van der Waals surface area contributed by atoms with Crippen molar-refractivity contribution in [3.8, 4) is 5.75 Å². The highest BCUT2D eigenvalue weighted by Crippen LogP contribution is 2.30. The zero-order valence-corrected chi connectivity index (χ0v) is 12.4. The third kappa shape index (κ3) is 3.80. The Balaban J connectivity index is 1.48. The van der Waals surface area contributed by atoms with Gasteiger partial charge in [0.15, 0.2) is 5.75 Å². The second kappa shape index (κ2) is 6.37. The number of nitrogens with zero attached hydrogens (tertiary/aromatic N) is 3. The van der Waals surface area contributed by atoms with E-state index in [-0.39, 0.29) is 0 Å². The molecule has 1 fully saturated rings. The van der Waals surface area contributed by atoms with Crippen molar-refractivity contribution in [3.05, 3.63) is 28.5 Å². The molecule has 0 N–H and O–H groups in total. The predicted octanol–water partition coefficient (Wildman–Crippen LogP) is 2.87. The highest BCUT2D eigenvalue weighted by molar-refractivity contribution is 7.09. The van der Waals surface area contributed by atoms with Crippen molar-refractivity contribution in [2.75, 3.05) is 6.61 Å². The van der Waals surface area contributed by atoms with Crippen LogP contribution in [0.3, 0.4) is 0 Å². The summed E-state index contributed by atoms with van der Waals surface area (Å²) in [6.07, 6.45) is 6.40. The van der Waals surface area contributed by atoms with E-state index in [0.29, 0.717) is 19.8 Å². The maximum Gasteiger partial charge on any atom is 0.157 e. The minimum Gasteiger partial charge on any atom is -0.484 e. The maximum absolute atomic E-state index is 5.71. The van der Waals surface area contributed by atoms with E-state index in [1.54, 1.807) is 17.5 Å². The van der Waals surface area contributed by atoms with Crippen molar-refractivity contribution >= 4 is 11.3 Å². The van der Waals surface area contributed by atoms with Crippen LogP contribution in [0.15, 0.2) is 17.8 Å². The van der Waals surface area contributed by atoms with E-state index in [1.807, 2.05) is 23.2 Å². The molecule has 0 atom stereocenters. The van der Waals surface area contributed by atoms with Crippen molar-refractivity contribution in [1.82, 2.24) is 14.8 Å². The van der Waals surface area contributed by atoms with Crippen molar-refractivity contribution in [1.29, 1.82) is 0 Å². The Morgan fingerprint density at radius 2 is 2.30 bits per heavy atom. The van der Waals surface area contributed by atoms with Gasteiger partial charge in [0.1, 0.15) is 11.6 Å². The summed E-state index contributed by atoms with van der Waals surface area (Å²) >= 11 is 1.61. The lowest BCUT2D eigenvalue weighted by atomic mass is 10.4. The van der Waals surface area contributed by atoms with Crippen LogP contribution in [0.1, 0.15) is 30.5 Å². The van der Waals surface area contributed by atoms with Gasteiger partial charge in [-0.2, -0.15) is 5.10 Å². The highest BCUT2D eigenvalue weighted by atomic mass is 32.1. The Labute approximate surface area is 122 Å². The van der Waals surface area contributed by atoms with Crippen LogP contribution < -0.4 is 4.74 Å². The predicted molar refractivity (Wildman–Crippen MR) is 76.7 cm³/mol. The standard InChI is InChI=1S/C14H19N3O2S/c1-2-18-9-14-16-12(10-20-14)8-19-13-5-15-17(7-13)6-11-3-4-11/h5,7,10-11H,2-4,6,8-9H2,1H3. The number of rotatable bonds is 8. The van der Waals surface area contributed by atoms with E-state index < -0.39 is 0 Å². The van der Waals surface area contributed by atoms with Crippen LogP contribution in [0.4, 0.5) is 0 Å². The second-order valence-electron chi connectivity index (χ2n) is 5.00. The summed E-state index contributed by atoms with van der Waals surface area (Å²) in [6.45, 7) is 4.78. The molecule has 0 radical (unpaired) electrons. The normalized spacial score (nSPS) is 14.7. The lowest BCUT2D eigenvalue weighted by molar-refractivity contribution is 0.133. The van der Waals surface area contributed by atoms with Gasteiger partial charge in [0, 0.05) is 18.5 Å². The number of thiazole rings is 1. The number of hydrogen-bond acceptors (Lipinski definition) is 5. The van der Waals surface area contributed by atoms with Gasteiger partial charge in [0.05, 0.1) is 24.7 Å². The fraction of sp³-hybridized carbons (Fsp3) is 0.571. The molecule has 0 saturated heterocycles. The number of ether oxygens (including phenoxy) is 2. The average Bonchev–Trinajstić information content (AvgIpc) is 2.98. The van der Waals surface area contributed by atoms with Crippen LogP contribution in [0, 0.1) is 5.92 Å². The fourth-order valence-electron chi connectivity index (χ4n) is 1.91. The molecule has 108 valence electrons. The largest absolute Gasteiger partial charge is 0.484 e. The quantitative estimate of drug-likeness (QED) is 0.751. The Bertz CT molecular complexity index is 548. The molecule has 0 spiro atoms.